The number of hydrogen-bond donors (Lipinski definition) is 4. The summed E-state index contributed by atoms with van der Waals surface area (Å²) in [4.78, 5) is 54.7. The van der Waals surface area contributed by atoms with Crippen molar-refractivity contribution in [2.24, 2.45) is 0 Å². The molecule has 5 N–H and O–H groups in total. The topological polar surface area (TPSA) is 206 Å². The van der Waals surface area contributed by atoms with E-state index < -0.39 is 11.4 Å². The van der Waals surface area contributed by atoms with Crippen LogP contribution in [0.3, 0.4) is 0 Å². The highest BCUT2D eigenvalue weighted by molar-refractivity contribution is 8.00. The monoisotopic (exact) mass is 894 g/mol. The van der Waals surface area contributed by atoms with Crippen molar-refractivity contribution < 1.29 is 28.5 Å². The number of hydrogen-bond acceptors (Lipinski definition) is 13. The molecule has 2 aromatic carbocycles. The Bertz CT molecular complexity index is 2430. The average molecular weight is 896 g/mol. The van der Waals surface area contributed by atoms with Crippen LogP contribution in [-0.4, -0.2) is 65.7 Å². The van der Waals surface area contributed by atoms with Gasteiger partial charge in [-0.1, -0.05) is 68.0 Å². The fourth-order valence-electron chi connectivity index (χ4n) is 6.65. The van der Waals surface area contributed by atoms with Crippen molar-refractivity contribution in [3.63, 3.8) is 0 Å². The van der Waals surface area contributed by atoms with Crippen LogP contribution in [0, 0.1) is 6.92 Å². The molecule has 0 amide bonds. The van der Waals surface area contributed by atoms with E-state index in [-0.39, 0.29) is 54.4 Å². The van der Waals surface area contributed by atoms with Crippen LogP contribution in [0.15, 0.2) is 91.9 Å². The van der Waals surface area contributed by atoms with Gasteiger partial charge >= 0.3 is 17.3 Å². The highest BCUT2D eigenvalue weighted by atomic mass is 35.5. The second-order valence-corrected chi connectivity index (χ2v) is 16.4. The molecule has 18 heteroatoms. The number of aromatic nitrogens is 4. The molecule has 1 aliphatic heterocycles. The minimum Gasteiger partial charge on any atom is -0.469 e. The van der Waals surface area contributed by atoms with Gasteiger partial charge in [0, 0.05) is 41.9 Å². The first-order chi connectivity index (χ1) is 29.3. The van der Waals surface area contributed by atoms with Gasteiger partial charge in [0.25, 0.3) is 5.56 Å². The second kappa shape index (κ2) is 22.7. The number of nitrogens with two attached hydrogens (primary N) is 1. The summed E-state index contributed by atoms with van der Waals surface area (Å²) in [6.07, 6.45) is 7.35. The maximum absolute atomic E-state index is 12.4. The molecule has 1 aliphatic carbocycles. The quantitative estimate of drug-likeness (QED) is 0.0753. The van der Waals surface area contributed by atoms with Crippen LogP contribution in [0.1, 0.15) is 97.1 Å². The van der Waals surface area contributed by atoms with Gasteiger partial charge in [-0.3, -0.25) is 18.9 Å². The lowest BCUT2D eigenvalue weighted by Crippen LogP contribution is -2.36. The Kier molecular flexibility index (Phi) is 17.5. The predicted molar refractivity (Wildman–Crippen MR) is 241 cm³/mol. The van der Waals surface area contributed by atoms with E-state index in [4.69, 9.17) is 53.3 Å². The molecule has 1 saturated heterocycles. The molecular formula is C43H51ClN6O9S2. The zero-order chi connectivity index (χ0) is 44.1. The maximum Gasteiger partial charge on any atom is 0.351 e. The molecule has 2 aliphatic rings. The summed E-state index contributed by atoms with van der Waals surface area (Å²) in [7, 11) is 0. The lowest BCUT2D eigenvalue weighted by molar-refractivity contribution is -0.00629. The van der Waals surface area contributed by atoms with Gasteiger partial charge in [0.2, 0.25) is 0 Å². The van der Waals surface area contributed by atoms with Gasteiger partial charge in [-0.15, -0.1) is 11.8 Å². The van der Waals surface area contributed by atoms with Crippen molar-refractivity contribution >= 4 is 58.0 Å². The SMILES string of the molecule is CCOCn1c(Cc2ccccc2)c(C(C)C)c(=O)[nH]c1=O.Cc1occc1C(=S)Nc1ccc(Cl)c(C(=O)OC2CCCC2)c1.Nc1ccn([C@@H]2CS[C@H](CO)O2)c(=O)n1. The summed E-state index contributed by atoms with van der Waals surface area (Å²) in [5, 5.41) is 12.4. The molecule has 4 heterocycles. The van der Waals surface area contributed by atoms with Crippen LogP contribution >= 0.6 is 35.6 Å². The zero-order valence-corrected chi connectivity index (χ0v) is 36.8. The van der Waals surface area contributed by atoms with Crippen molar-refractivity contribution in [3.05, 3.63) is 143 Å². The lowest BCUT2D eigenvalue weighted by Gasteiger charge is -2.18. The van der Waals surface area contributed by atoms with E-state index in [0.29, 0.717) is 45.6 Å². The molecule has 2 atom stereocenters. The number of aromatic amines is 1. The fourth-order valence-corrected chi connectivity index (χ4v) is 8.11. The Morgan fingerprint density at radius 3 is 2.48 bits per heavy atom. The number of nitrogens with one attached hydrogen (secondary N) is 2. The van der Waals surface area contributed by atoms with Crippen molar-refractivity contribution in [1.29, 1.82) is 0 Å². The molecule has 1 saturated carbocycles. The summed E-state index contributed by atoms with van der Waals surface area (Å²) in [5.41, 5.74) is 8.21. The normalized spacial score (nSPS) is 16.0. The minimum atomic E-state index is -0.431. The van der Waals surface area contributed by atoms with Crippen LogP contribution in [0.2, 0.25) is 5.02 Å². The first-order valence-corrected chi connectivity index (χ1v) is 21.7. The van der Waals surface area contributed by atoms with Crippen LogP contribution in [0.4, 0.5) is 11.5 Å². The molecule has 2 fully saturated rings. The number of thiocarbonyl (C=S) groups is 1. The van der Waals surface area contributed by atoms with Gasteiger partial charge in [-0.05, 0) is 81.3 Å². The maximum atomic E-state index is 12.4. The van der Waals surface area contributed by atoms with Gasteiger partial charge in [-0.25, -0.2) is 14.4 Å². The number of rotatable bonds is 12. The highest BCUT2D eigenvalue weighted by Crippen LogP contribution is 2.30. The number of H-pyrrole nitrogens is 1. The first-order valence-electron chi connectivity index (χ1n) is 19.9. The van der Waals surface area contributed by atoms with Gasteiger partial charge in [0.1, 0.15) is 41.1 Å². The third-order valence-corrected chi connectivity index (χ3v) is 11.5. The molecular weight excluding hydrogens is 844 g/mol. The molecule has 0 spiro atoms. The molecule has 61 heavy (non-hydrogen) atoms. The van der Waals surface area contributed by atoms with Gasteiger partial charge in [-0.2, -0.15) is 4.98 Å². The summed E-state index contributed by atoms with van der Waals surface area (Å²) >= 11 is 13.0. The van der Waals surface area contributed by atoms with Crippen molar-refractivity contribution in [1.82, 2.24) is 19.1 Å². The van der Waals surface area contributed by atoms with E-state index in [1.807, 2.05) is 58.0 Å². The minimum absolute atomic E-state index is 0.000150. The Balaban J connectivity index is 0.000000178. The molecule has 0 bridgehead atoms. The Morgan fingerprint density at radius 1 is 1.11 bits per heavy atom. The largest absolute Gasteiger partial charge is 0.469 e. The molecule has 0 radical (unpaired) electrons. The van der Waals surface area contributed by atoms with E-state index in [1.54, 1.807) is 42.8 Å². The molecule has 3 aromatic heterocycles. The number of carbonyl (C=O) groups is 1. The molecule has 5 aromatic rings. The van der Waals surface area contributed by atoms with E-state index in [9.17, 15) is 19.2 Å². The number of furan rings is 1. The van der Waals surface area contributed by atoms with Crippen LogP contribution < -0.4 is 28.0 Å². The van der Waals surface area contributed by atoms with Gasteiger partial charge in [0.15, 0.2) is 0 Å². The second-order valence-electron chi connectivity index (χ2n) is 14.4. The van der Waals surface area contributed by atoms with Gasteiger partial charge < -0.3 is 34.8 Å². The van der Waals surface area contributed by atoms with E-state index in [2.05, 4.69) is 15.3 Å². The number of nitrogens with zero attached hydrogens (tertiary/aromatic N) is 3. The van der Waals surface area contributed by atoms with Gasteiger partial charge in [0.05, 0.1) is 29.0 Å². The van der Waals surface area contributed by atoms with E-state index in [0.717, 1.165) is 48.3 Å². The van der Waals surface area contributed by atoms with Crippen molar-refractivity contribution in [3.8, 4) is 0 Å². The number of benzene rings is 2. The number of ether oxygens (including phenoxy) is 3. The Hall–Kier alpha value is -5.04. The summed E-state index contributed by atoms with van der Waals surface area (Å²) in [6.45, 7) is 8.22. The number of aryl methyl sites for hydroxylation is 1. The Labute approximate surface area is 367 Å². The third-order valence-electron chi connectivity index (χ3n) is 9.73. The smallest absolute Gasteiger partial charge is 0.351 e. The van der Waals surface area contributed by atoms with Crippen molar-refractivity contribution in [2.75, 3.05) is 30.0 Å². The zero-order valence-electron chi connectivity index (χ0n) is 34.4. The molecule has 15 nitrogen and oxygen atoms in total. The number of thioether (sulfide) groups is 1. The standard InChI is InChI=1S/C18H18ClNO3S.C17H22N2O3.C8H11N3O3S/c1-11-14(8-9-22-11)17(24)20-12-6-7-16(19)15(10-12)18(21)23-13-4-2-3-5-13;1-4-22-11-19-14(10-13-8-6-5-7-9-13)15(12(2)3)16(20)18-17(19)21;9-5-1-2-11(8(13)10-5)6-4-15-7(3-12)14-6/h6-10,13H,2-5H2,1H3,(H,20,24);5-9,12H,4,10-11H2,1-3H3,(H,18,20,21);1-2,6-7,12H,3-4H2,(H2,9,10,13)/t;;6-,7+/m..0/s1. The third kappa shape index (κ3) is 13.0. The number of aliphatic hydroxyl groups is 1. The van der Waals surface area contributed by atoms with Crippen LogP contribution in [0.25, 0.3) is 0 Å². The van der Waals surface area contributed by atoms with Crippen molar-refractivity contribution in [2.45, 2.75) is 90.2 Å². The van der Waals surface area contributed by atoms with Crippen LogP contribution in [-0.2, 0) is 27.4 Å². The van der Waals surface area contributed by atoms with E-state index in [1.165, 1.54) is 20.9 Å². The number of nitrogen functional groups attached to an aromatic ring is 1. The lowest BCUT2D eigenvalue weighted by atomic mass is 9.98. The summed E-state index contributed by atoms with van der Waals surface area (Å²) in [5.74, 6) is 1.19. The number of aliphatic hydroxyl groups excluding tert-OH is 1. The fraction of sp³-hybridized carbons (Fsp3) is 0.395. The number of carbonyl (C=O) groups excluding carboxylic acids is 1. The summed E-state index contributed by atoms with van der Waals surface area (Å²) in [6, 6.07) is 18.3. The summed E-state index contributed by atoms with van der Waals surface area (Å²) < 4.78 is 24.5. The Morgan fingerprint density at radius 2 is 1.85 bits per heavy atom. The highest BCUT2D eigenvalue weighted by Gasteiger charge is 2.27. The number of anilines is 2. The molecule has 0 unspecified atom stereocenters. The molecule has 7 rings (SSSR count). The predicted octanol–water partition coefficient (Wildman–Crippen LogP) is 6.78. The average Bonchev–Trinajstić information content (AvgIpc) is 4.02. The first kappa shape index (κ1) is 47.0. The van der Waals surface area contributed by atoms with E-state index >= 15 is 0 Å². The molecule has 326 valence electrons. The number of halogens is 1. The van der Waals surface area contributed by atoms with Crippen LogP contribution in [0.5, 0.6) is 0 Å². The number of esters is 1.